The summed E-state index contributed by atoms with van der Waals surface area (Å²) in [5.41, 5.74) is 3.09. The average molecular weight is 300 g/mol. The first-order valence-corrected chi connectivity index (χ1v) is 7.02. The quantitative estimate of drug-likeness (QED) is 0.621. The molecular weight excluding hydrogens is 284 g/mol. The van der Waals surface area contributed by atoms with Gasteiger partial charge in [-0.15, -0.1) is 0 Å². The van der Waals surface area contributed by atoms with E-state index in [4.69, 9.17) is 0 Å². The predicted molar refractivity (Wildman–Crippen MR) is 82.1 cm³/mol. The zero-order valence-corrected chi connectivity index (χ0v) is 12.4. The third-order valence-electron chi connectivity index (χ3n) is 3.91. The molecule has 0 aliphatic carbocycles. The molecule has 1 aromatic heterocycles. The van der Waals surface area contributed by atoms with E-state index in [1.807, 2.05) is 17.9 Å². The lowest BCUT2D eigenvalue weighted by molar-refractivity contribution is -0.384. The fourth-order valence-corrected chi connectivity index (χ4v) is 2.75. The molecule has 0 fully saturated rings. The molecule has 0 N–H and O–H groups in total. The van der Waals surface area contributed by atoms with E-state index in [1.54, 1.807) is 25.2 Å². The van der Waals surface area contributed by atoms with Crippen LogP contribution in [0.5, 0.6) is 0 Å². The second-order valence-corrected chi connectivity index (χ2v) is 5.50. The van der Waals surface area contributed by atoms with E-state index in [0.717, 1.165) is 16.8 Å². The standard InChI is InChI=1S/C15H16N4O3/c1-10-3-4-13(14(7-10)19(21)22)18-6-5-12-11(9-18)8-15(20)17(2)16-12/h3-4,7-8H,5-6,9H2,1-2H3. The number of nitrogens with zero attached hydrogens (tertiary/aromatic N) is 4. The Balaban J connectivity index is 2.00. The summed E-state index contributed by atoms with van der Waals surface area (Å²) in [7, 11) is 1.62. The van der Waals surface area contributed by atoms with Gasteiger partial charge in [0.15, 0.2) is 0 Å². The Kier molecular flexibility index (Phi) is 3.40. The van der Waals surface area contributed by atoms with Gasteiger partial charge in [-0.2, -0.15) is 5.10 Å². The van der Waals surface area contributed by atoms with Crippen molar-refractivity contribution in [1.82, 2.24) is 9.78 Å². The summed E-state index contributed by atoms with van der Waals surface area (Å²) < 4.78 is 1.32. The maximum atomic E-state index is 11.7. The van der Waals surface area contributed by atoms with Gasteiger partial charge in [0.2, 0.25) is 0 Å². The lowest BCUT2D eigenvalue weighted by Crippen LogP contribution is -2.34. The molecule has 0 unspecified atom stereocenters. The van der Waals surface area contributed by atoms with Crippen LogP contribution in [-0.4, -0.2) is 21.2 Å². The van der Waals surface area contributed by atoms with Crippen molar-refractivity contribution in [1.29, 1.82) is 0 Å². The molecule has 114 valence electrons. The van der Waals surface area contributed by atoms with Crippen molar-refractivity contribution in [2.75, 3.05) is 11.4 Å². The molecular formula is C15H16N4O3. The number of fused-ring (bicyclic) bond motifs is 1. The van der Waals surface area contributed by atoms with E-state index in [9.17, 15) is 14.9 Å². The van der Waals surface area contributed by atoms with E-state index < -0.39 is 0 Å². The van der Waals surface area contributed by atoms with Crippen molar-refractivity contribution in [2.24, 2.45) is 7.05 Å². The Morgan fingerprint density at radius 3 is 2.82 bits per heavy atom. The molecule has 3 rings (SSSR count). The van der Waals surface area contributed by atoms with Crippen LogP contribution >= 0.6 is 0 Å². The van der Waals surface area contributed by atoms with Crippen LogP contribution in [0.2, 0.25) is 0 Å². The number of anilines is 1. The normalized spacial score (nSPS) is 13.8. The summed E-state index contributed by atoms with van der Waals surface area (Å²) >= 11 is 0. The number of nitro benzene ring substituents is 1. The van der Waals surface area contributed by atoms with Crippen LogP contribution < -0.4 is 10.5 Å². The minimum Gasteiger partial charge on any atom is -0.361 e. The molecule has 1 aliphatic heterocycles. The maximum Gasteiger partial charge on any atom is 0.292 e. The van der Waals surface area contributed by atoms with Gasteiger partial charge in [-0.1, -0.05) is 6.07 Å². The highest BCUT2D eigenvalue weighted by Crippen LogP contribution is 2.32. The van der Waals surface area contributed by atoms with E-state index >= 15 is 0 Å². The van der Waals surface area contributed by atoms with Crippen LogP contribution in [0.15, 0.2) is 29.1 Å². The minimum absolute atomic E-state index is 0.0974. The summed E-state index contributed by atoms with van der Waals surface area (Å²) in [5.74, 6) is 0. The van der Waals surface area contributed by atoms with Crippen LogP contribution in [0.1, 0.15) is 16.8 Å². The average Bonchev–Trinajstić information content (AvgIpc) is 2.48. The maximum absolute atomic E-state index is 11.7. The van der Waals surface area contributed by atoms with Gasteiger partial charge < -0.3 is 4.90 Å². The first kappa shape index (κ1) is 14.2. The number of nitro groups is 1. The number of rotatable bonds is 2. The lowest BCUT2D eigenvalue weighted by atomic mass is 10.0. The third-order valence-corrected chi connectivity index (χ3v) is 3.91. The topological polar surface area (TPSA) is 81.3 Å². The number of benzene rings is 1. The molecule has 1 aromatic carbocycles. The zero-order chi connectivity index (χ0) is 15.9. The smallest absolute Gasteiger partial charge is 0.292 e. The lowest BCUT2D eigenvalue weighted by Gasteiger charge is -2.29. The van der Waals surface area contributed by atoms with E-state index in [2.05, 4.69) is 5.10 Å². The van der Waals surface area contributed by atoms with Crippen molar-refractivity contribution >= 4 is 11.4 Å². The van der Waals surface area contributed by atoms with Crippen molar-refractivity contribution in [2.45, 2.75) is 19.9 Å². The highest BCUT2D eigenvalue weighted by molar-refractivity contribution is 5.65. The van der Waals surface area contributed by atoms with Crippen LogP contribution in [0, 0.1) is 17.0 Å². The van der Waals surface area contributed by atoms with Crippen molar-refractivity contribution in [3.05, 3.63) is 61.6 Å². The van der Waals surface area contributed by atoms with Crippen molar-refractivity contribution in [3.63, 3.8) is 0 Å². The molecule has 1 aliphatic rings. The predicted octanol–water partition coefficient (Wildman–Crippen LogP) is 1.56. The first-order valence-electron chi connectivity index (χ1n) is 7.02. The van der Waals surface area contributed by atoms with Gasteiger partial charge >= 0.3 is 0 Å². The molecule has 0 spiro atoms. The Bertz CT molecular complexity index is 813. The van der Waals surface area contributed by atoms with E-state index in [-0.39, 0.29) is 16.2 Å². The first-order chi connectivity index (χ1) is 10.5. The van der Waals surface area contributed by atoms with Gasteiger partial charge in [0.25, 0.3) is 11.2 Å². The second-order valence-electron chi connectivity index (χ2n) is 5.50. The third kappa shape index (κ3) is 2.45. The molecule has 0 radical (unpaired) electrons. The summed E-state index contributed by atoms with van der Waals surface area (Å²) in [6.45, 7) is 2.93. The van der Waals surface area contributed by atoms with Crippen LogP contribution in [0.3, 0.4) is 0 Å². The molecule has 7 nitrogen and oxygen atoms in total. The Labute approximate surface area is 126 Å². The van der Waals surface area contributed by atoms with Crippen molar-refractivity contribution < 1.29 is 4.92 Å². The van der Waals surface area contributed by atoms with Crippen LogP contribution in [0.25, 0.3) is 0 Å². The van der Waals surface area contributed by atoms with Crippen molar-refractivity contribution in [3.8, 4) is 0 Å². The monoisotopic (exact) mass is 300 g/mol. The number of aromatic nitrogens is 2. The fourth-order valence-electron chi connectivity index (χ4n) is 2.75. The van der Waals surface area contributed by atoms with Gasteiger partial charge in [-0.25, -0.2) is 4.68 Å². The van der Waals surface area contributed by atoms with Gasteiger partial charge in [-0.3, -0.25) is 14.9 Å². The SMILES string of the molecule is Cc1ccc(N2CCc3nn(C)c(=O)cc3C2)c([N+](=O)[O-])c1. The van der Waals surface area contributed by atoms with Crippen LogP contribution in [0.4, 0.5) is 11.4 Å². The molecule has 0 atom stereocenters. The van der Waals surface area contributed by atoms with Gasteiger partial charge in [0.1, 0.15) is 5.69 Å². The molecule has 0 bridgehead atoms. The Morgan fingerprint density at radius 1 is 1.32 bits per heavy atom. The highest BCUT2D eigenvalue weighted by Gasteiger charge is 2.24. The number of hydrogen-bond acceptors (Lipinski definition) is 5. The molecule has 7 heteroatoms. The molecule has 2 heterocycles. The van der Waals surface area contributed by atoms with Crippen LogP contribution in [-0.2, 0) is 20.0 Å². The molecule has 0 saturated carbocycles. The summed E-state index contributed by atoms with van der Waals surface area (Å²) in [4.78, 5) is 24.6. The van der Waals surface area contributed by atoms with Gasteiger partial charge in [0, 0.05) is 44.3 Å². The summed E-state index contributed by atoms with van der Waals surface area (Å²) in [5, 5.41) is 15.5. The molecule has 0 amide bonds. The zero-order valence-electron chi connectivity index (χ0n) is 12.4. The molecule has 22 heavy (non-hydrogen) atoms. The summed E-state index contributed by atoms with van der Waals surface area (Å²) in [6, 6.07) is 6.77. The summed E-state index contributed by atoms with van der Waals surface area (Å²) in [6.07, 6.45) is 0.661. The minimum atomic E-state index is -0.361. The van der Waals surface area contributed by atoms with Gasteiger partial charge in [-0.05, 0) is 18.6 Å². The molecule has 2 aromatic rings. The Hall–Kier alpha value is -2.70. The largest absolute Gasteiger partial charge is 0.361 e. The number of hydrogen-bond donors (Lipinski definition) is 0. The fraction of sp³-hybridized carbons (Fsp3) is 0.333. The van der Waals surface area contributed by atoms with E-state index in [0.29, 0.717) is 25.2 Å². The second kappa shape index (κ2) is 5.25. The van der Waals surface area contributed by atoms with Gasteiger partial charge in [0.05, 0.1) is 10.6 Å². The Morgan fingerprint density at radius 2 is 2.09 bits per heavy atom. The van der Waals surface area contributed by atoms with E-state index in [1.165, 1.54) is 4.68 Å². The molecule has 0 saturated heterocycles. The highest BCUT2D eigenvalue weighted by atomic mass is 16.6. The number of aryl methyl sites for hydroxylation is 2.